The molecule has 3 aromatic rings. The van der Waals surface area contributed by atoms with Crippen LogP contribution in [0.3, 0.4) is 0 Å². The molecule has 5 heteroatoms. The van der Waals surface area contributed by atoms with E-state index in [2.05, 4.69) is 11.4 Å². The smallest absolute Gasteiger partial charge is 0.254 e. The van der Waals surface area contributed by atoms with Crippen LogP contribution in [0, 0.1) is 12.7 Å². The van der Waals surface area contributed by atoms with Crippen LogP contribution < -0.4 is 5.32 Å². The molecular formula is C26H23FN2O2. The molecule has 1 aliphatic heterocycles. The lowest BCUT2D eigenvalue weighted by Gasteiger charge is -2.42. The number of carbonyl (C=O) groups excluding carboxylic acids is 2. The number of anilines is 1. The van der Waals surface area contributed by atoms with Gasteiger partial charge in [-0.3, -0.25) is 9.59 Å². The zero-order valence-electron chi connectivity index (χ0n) is 17.2. The van der Waals surface area contributed by atoms with Crippen LogP contribution >= 0.6 is 0 Å². The van der Waals surface area contributed by atoms with Gasteiger partial charge < -0.3 is 10.2 Å². The highest BCUT2D eigenvalue weighted by Gasteiger charge is 2.49. The second-order valence-electron chi connectivity index (χ2n) is 8.36. The largest absolute Gasteiger partial charge is 0.327 e. The van der Waals surface area contributed by atoms with Crippen molar-refractivity contribution < 1.29 is 14.0 Å². The molecular weight excluding hydrogens is 391 g/mol. The quantitative estimate of drug-likeness (QED) is 0.637. The molecule has 0 aromatic heterocycles. The van der Waals surface area contributed by atoms with E-state index in [1.165, 1.54) is 12.1 Å². The Bertz CT molecular complexity index is 1150. The van der Waals surface area contributed by atoms with E-state index in [9.17, 15) is 14.0 Å². The molecule has 4 nitrogen and oxygen atoms in total. The third-order valence-electron chi connectivity index (χ3n) is 6.09. The zero-order chi connectivity index (χ0) is 21.5. The number of hydrogen-bond donors (Lipinski definition) is 1. The summed E-state index contributed by atoms with van der Waals surface area (Å²) >= 11 is 0. The summed E-state index contributed by atoms with van der Waals surface area (Å²) in [6.45, 7) is 2.01. The Hall–Kier alpha value is -3.47. The van der Waals surface area contributed by atoms with E-state index >= 15 is 0 Å². The van der Waals surface area contributed by atoms with E-state index in [0.717, 1.165) is 29.5 Å². The fourth-order valence-electron chi connectivity index (χ4n) is 4.55. The van der Waals surface area contributed by atoms with Crippen LogP contribution in [0.25, 0.3) is 0 Å². The molecule has 1 saturated carbocycles. The molecule has 2 atom stereocenters. The number of nitrogens with zero attached hydrogens (tertiary/aromatic N) is 1. The fourth-order valence-corrected chi connectivity index (χ4v) is 4.55. The highest BCUT2D eigenvalue weighted by Crippen LogP contribution is 2.48. The number of amides is 2. The maximum absolute atomic E-state index is 13.6. The topological polar surface area (TPSA) is 49.4 Å². The molecule has 0 radical (unpaired) electrons. The van der Waals surface area contributed by atoms with E-state index in [1.807, 2.05) is 48.2 Å². The Morgan fingerprint density at radius 3 is 2.45 bits per heavy atom. The number of rotatable bonds is 4. The van der Waals surface area contributed by atoms with Crippen LogP contribution in [0.4, 0.5) is 10.1 Å². The van der Waals surface area contributed by atoms with Gasteiger partial charge in [-0.25, -0.2) is 4.39 Å². The van der Waals surface area contributed by atoms with Crippen LogP contribution in [-0.4, -0.2) is 22.8 Å². The lowest BCUT2D eigenvalue weighted by atomic mass is 9.78. The van der Waals surface area contributed by atoms with Crippen molar-refractivity contribution in [2.24, 2.45) is 0 Å². The predicted molar refractivity (Wildman–Crippen MR) is 117 cm³/mol. The molecule has 2 amide bonds. The summed E-state index contributed by atoms with van der Waals surface area (Å²) in [6, 6.07) is 20.9. The molecule has 1 N–H and O–H groups in total. The molecule has 1 heterocycles. The Morgan fingerprint density at radius 1 is 1.00 bits per heavy atom. The van der Waals surface area contributed by atoms with Crippen LogP contribution in [0.1, 0.15) is 51.8 Å². The Labute approximate surface area is 180 Å². The van der Waals surface area contributed by atoms with Crippen molar-refractivity contribution >= 4 is 17.5 Å². The van der Waals surface area contributed by atoms with Gasteiger partial charge in [0.25, 0.3) is 5.91 Å². The molecule has 31 heavy (non-hydrogen) atoms. The average Bonchev–Trinajstić information content (AvgIpc) is 3.60. The third kappa shape index (κ3) is 3.61. The molecule has 3 aromatic carbocycles. The molecule has 1 fully saturated rings. The van der Waals surface area contributed by atoms with Gasteiger partial charge in [-0.15, -0.1) is 0 Å². The van der Waals surface area contributed by atoms with Gasteiger partial charge >= 0.3 is 0 Å². The highest BCUT2D eigenvalue weighted by molar-refractivity contribution is 6.04. The lowest BCUT2D eigenvalue weighted by Crippen LogP contribution is -2.47. The molecule has 1 aliphatic carbocycles. The second kappa shape index (κ2) is 7.65. The minimum atomic E-state index is -0.568. The van der Waals surface area contributed by atoms with Crippen LogP contribution in [0.2, 0.25) is 0 Å². The van der Waals surface area contributed by atoms with Gasteiger partial charge in [0.2, 0.25) is 5.91 Å². The standard InChI is InChI=1S/C26H23FN2O2/c1-16-5-4-6-17(15-16)24-23(25(30)28-19-11-9-18(27)10-12-19)21-7-2-3-8-22(21)26(31)29(24)20-13-14-20/h2-12,15,20,23-24H,13-14H2,1H3,(H,28,30)/t23-,24-/m0/s1. The van der Waals surface area contributed by atoms with Crippen molar-refractivity contribution in [2.45, 2.75) is 37.8 Å². The molecule has 0 saturated heterocycles. The summed E-state index contributed by atoms with van der Waals surface area (Å²) in [6.07, 6.45) is 1.89. The summed E-state index contributed by atoms with van der Waals surface area (Å²) in [4.78, 5) is 29.0. The monoisotopic (exact) mass is 414 g/mol. The first-order valence-electron chi connectivity index (χ1n) is 10.6. The Kier molecular flexibility index (Phi) is 4.81. The predicted octanol–water partition coefficient (Wildman–Crippen LogP) is 5.22. The number of fused-ring (bicyclic) bond motifs is 1. The normalized spacial score (nSPS) is 20.3. The summed E-state index contributed by atoms with van der Waals surface area (Å²) in [5.74, 6) is -1.15. The third-order valence-corrected chi connectivity index (χ3v) is 6.09. The van der Waals surface area contributed by atoms with Gasteiger partial charge in [0.1, 0.15) is 5.82 Å². The van der Waals surface area contributed by atoms with Crippen LogP contribution in [0.5, 0.6) is 0 Å². The number of carbonyl (C=O) groups is 2. The minimum absolute atomic E-state index is 0.0181. The van der Waals surface area contributed by atoms with Crippen molar-refractivity contribution in [2.75, 3.05) is 5.32 Å². The van der Waals surface area contributed by atoms with Crippen molar-refractivity contribution in [1.82, 2.24) is 4.90 Å². The fraction of sp³-hybridized carbons (Fsp3) is 0.231. The first-order valence-corrected chi connectivity index (χ1v) is 10.6. The average molecular weight is 414 g/mol. The number of aryl methyl sites for hydroxylation is 1. The molecule has 0 unspecified atom stereocenters. The Balaban J connectivity index is 1.63. The number of hydrogen-bond acceptors (Lipinski definition) is 2. The van der Waals surface area contributed by atoms with E-state index < -0.39 is 12.0 Å². The number of benzene rings is 3. The first-order chi connectivity index (χ1) is 15.0. The molecule has 2 aliphatic rings. The first kappa shape index (κ1) is 19.5. The van der Waals surface area contributed by atoms with E-state index in [1.54, 1.807) is 18.2 Å². The molecule has 5 rings (SSSR count). The minimum Gasteiger partial charge on any atom is -0.327 e. The maximum atomic E-state index is 13.6. The van der Waals surface area contributed by atoms with Crippen LogP contribution in [-0.2, 0) is 4.79 Å². The SMILES string of the molecule is Cc1cccc([C@H]2[C@@H](C(=O)Nc3ccc(F)cc3)c3ccccc3C(=O)N2C2CC2)c1. The molecule has 156 valence electrons. The summed E-state index contributed by atoms with van der Waals surface area (Å²) in [5, 5.41) is 2.95. The van der Waals surface area contributed by atoms with Gasteiger partial charge in [0, 0.05) is 17.3 Å². The summed E-state index contributed by atoms with van der Waals surface area (Å²) in [5.41, 5.74) is 3.88. The van der Waals surface area contributed by atoms with Crippen molar-refractivity contribution in [3.8, 4) is 0 Å². The maximum Gasteiger partial charge on any atom is 0.254 e. The van der Waals surface area contributed by atoms with Crippen molar-refractivity contribution in [3.63, 3.8) is 0 Å². The van der Waals surface area contributed by atoms with Crippen molar-refractivity contribution in [1.29, 1.82) is 0 Å². The van der Waals surface area contributed by atoms with Crippen molar-refractivity contribution in [3.05, 3.63) is 101 Å². The van der Waals surface area contributed by atoms with Crippen LogP contribution in [0.15, 0.2) is 72.8 Å². The summed E-state index contributed by atoms with van der Waals surface area (Å²) in [7, 11) is 0. The summed E-state index contributed by atoms with van der Waals surface area (Å²) < 4.78 is 13.3. The number of nitrogens with one attached hydrogen (secondary N) is 1. The van der Waals surface area contributed by atoms with E-state index in [-0.39, 0.29) is 23.7 Å². The van der Waals surface area contributed by atoms with Gasteiger partial charge in [0.15, 0.2) is 0 Å². The lowest BCUT2D eigenvalue weighted by molar-refractivity contribution is -0.119. The highest BCUT2D eigenvalue weighted by atomic mass is 19.1. The zero-order valence-corrected chi connectivity index (χ0v) is 17.2. The van der Waals surface area contributed by atoms with E-state index in [4.69, 9.17) is 0 Å². The van der Waals surface area contributed by atoms with Gasteiger partial charge in [-0.05, 0) is 61.2 Å². The molecule has 0 spiro atoms. The molecule has 0 bridgehead atoms. The second-order valence-corrected chi connectivity index (χ2v) is 8.36. The van der Waals surface area contributed by atoms with E-state index in [0.29, 0.717) is 11.3 Å². The van der Waals surface area contributed by atoms with Gasteiger partial charge in [-0.2, -0.15) is 0 Å². The Morgan fingerprint density at radius 2 is 1.74 bits per heavy atom. The number of halogens is 1. The van der Waals surface area contributed by atoms with Gasteiger partial charge in [0.05, 0.1) is 12.0 Å². The van der Waals surface area contributed by atoms with Gasteiger partial charge in [-0.1, -0.05) is 48.0 Å².